The number of rotatable bonds is 8. The first-order valence-corrected chi connectivity index (χ1v) is 7.13. The number of hydrazine groups is 1. The third kappa shape index (κ3) is 3.57. The van der Waals surface area contributed by atoms with E-state index in [9.17, 15) is 4.79 Å². The SMILES string of the molecule is COCCC(=O)NNc1ncnc2c(OC)c(OC)c(OC)cc12. The summed E-state index contributed by atoms with van der Waals surface area (Å²) in [6.07, 6.45) is 1.59. The summed E-state index contributed by atoms with van der Waals surface area (Å²) in [5.41, 5.74) is 5.86. The van der Waals surface area contributed by atoms with Gasteiger partial charge in [0.2, 0.25) is 11.7 Å². The van der Waals surface area contributed by atoms with Crippen LogP contribution in [0.3, 0.4) is 0 Å². The molecule has 2 rings (SSSR count). The maximum Gasteiger partial charge on any atom is 0.240 e. The Hall–Kier alpha value is -2.81. The number of nitrogens with zero attached hydrogens (tertiary/aromatic N) is 2. The fourth-order valence-electron chi connectivity index (χ4n) is 2.15. The molecule has 0 radical (unpaired) electrons. The van der Waals surface area contributed by atoms with Crippen molar-refractivity contribution in [2.75, 3.05) is 40.5 Å². The van der Waals surface area contributed by atoms with E-state index in [2.05, 4.69) is 20.8 Å². The Morgan fingerprint density at radius 3 is 2.46 bits per heavy atom. The van der Waals surface area contributed by atoms with E-state index in [-0.39, 0.29) is 12.3 Å². The number of carbonyl (C=O) groups excluding carboxylic acids is 1. The average Bonchev–Trinajstić information content (AvgIpc) is 2.62. The molecule has 2 N–H and O–H groups in total. The zero-order valence-corrected chi connectivity index (χ0v) is 14.0. The molecular formula is C15H20N4O5. The van der Waals surface area contributed by atoms with Gasteiger partial charge in [-0.2, -0.15) is 0 Å². The Labute approximate surface area is 139 Å². The number of anilines is 1. The highest BCUT2D eigenvalue weighted by molar-refractivity contribution is 5.97. The van der Waals surface area contributed by atoms with Crippen LogP contribution in [-0.2, 0) is 9.53 Å². The van der Waals surface area contributed by atoms with E-state index in [1.165, 1.54) is 34.8 Å². The summed E-state index contributed by atoms with van der Waals surface area (Å²) in [7, 11) is 6.08. The molecule has 24 heavy (non-hydrogen) atoms. The van der Waals surface area contributed by atoms with Gasteiger partial charge in [-0.3, -0.25) is 15.6 Å². The number of nitrogens with one attached hydrogen (secondary N) is 2. The lowest BCUT2D eigenvalue weighted by Gasteiger charge is -2.16. The number of aromatic nitrogens is 2. The summed E-state index contributed by atoms with van der Waals surface area (Å²) in [5.74, 6) is 1.50. The minimum Gasteiger partial charge on any atom is -0.493 e. The average molecular weight is 336 g/mol. The molecule has 0 aliphatic heterocycles. The van der Waals surface area contributed by atoms with E-state index in [0.717, 1.165) is 0 Å². The van der Waals surface area contributed by atoms with Gasteiger partial charge in [0.25, 0.3) is 0 Å². The lowest BCUT2D eigenvalue weighted by atomic mass is 10.2. The number of hydrogen-bond acceptors (Lipinski definition) is 8. The molecule has 2 aromatic rings. The van der Waals surface area contributed by atoms with Gasteiger partial charge in [-0.1, -0.05) is 0 Å². The van der Waals surface area contributed by atoms with Gasteiger partial charge in [-0.25, -0.2) is 9.97 Å². The molecule has 1 amide bonds. The first kappa shape index (κ1) is 17.5. The van der Waals surface area contributed by atoms with Crippen molar-refractivity contribution in [3.8, 4) is 17.2 Å². The van der Waals surface area contributed by atoms with Gasteiger partial charge in [0, 0.05) is 7.11 Å². The Kier molecular flexibility index (Phi) is 5.96. The largest absolute Gasteiger partial charge is 0.493 e. The van der Waals surface area contributed by atoms with Crippen LogP contribution in [0.15, 0.2) is 12.4 Å². The van der Waals surface area contributed by atoms with Crippen molar-refractivity contribution in [2.24, 2.45) is 0 Å². The molecule has 0 aliphatic carbocycles. The molecule has 0 bridgehead atoms. The topological polar surface area (TPSA) is 104 Å². The summed E-state index contributed by atoms with van der Waals surface area (Å²) < 4.78 is 20.9. The molecule has 9 heteroatoms. The molecule has 9 nitrogen and oxygen atoms in total. The van der Waals surface area contributed by atoms with Crippen molar-refractivity contribution in [3.05, 3.63) is 12.4 Å². The third-order valence-electron chi connectivity index (χ3n) is 3.29. The highest BCUT2D eigenvalue weighted by atomic mass is 16.5. The normalized spacial score (nSPS) is 10.3. The van der Waals surface area contributed by atoms with Gasteiger partial charge in [0.15, 0.2) is 17.3 Å². The predicted octanol–water partition coefficient (Wildman–Crippen LogP) is 1.14. The maximum atomic E-state index is 11.7. The van der Waals surface area contributed by atoms with Gasteiger partial charge < -0.3 is 18.9 Å². The molecule has 0 saturated carbocycles. The molecule has 0 atom stereocenters. The maximum absolute atomic E-state index is 11.7. The number of methoxy groups -OCH3 is 4. The molecule has 0 spiro atoms. The van der Waals surface area contributed by atoms with Crippen LogP contribution in [0.2, 0.25) is 0 Å². The van der Waals surface area contributed by atoms with Crippen molar-refractivity contribution in [1.29, 1.82) is 0 Å². The number of ether oxygens (including phenoxy) is 4. The van der Waals surface area contributed by atoms with E-state index < -0.39 is 0 Å². The molecule has 1 aromatic carbocycles. The first-order valence-electron chi connectivity index (χ1n) is 7.13. The van der Waals surface area contributed by atoms with Crippen LogP contribution in [0.25, 0.3) is 10.9 Å². The Morgan fingerprint density at radius 2 is 1.83 bits per heavy atom. The number of carbonyl (C=O) groups is 1. The monoisotopic (exact) mass is 336 g/mol. The highest BCUT2D eigenvalue weighted by Crippen LogP contribution is 2.43. The highest BCUT2D eigenvalue weighted by Gasteiger charge is 2.19. The Morgan fingerprint density at radius 1 is 1.08 bits per heavy atom. The number of amides is 1. The summed E-state index contributed by atoms with van der Waals surface area (Å²) in [5, 5.41) is 0.610. The zero-order chi connectivity index (χ0) is 17.5. The van der Waals surface area contributed by atoms with Crippen LogP contribution in [0, 0.1) is 0 Å². The molecule has 0 aliphatic rings. The third-order valence-corrected chi connectivity index (χ3v) is 3.29. The van der Waals surface area contributed by atoms with Gasteiger partial charge in [-0.05, 0) is 6.07 Å². The van der Waals surface area contributed by atoms with Gasteiger partial charge in [0.1, 0.15) is 11.8 Å². The van der Waals surface area contributed by atoms with Crippen LogP contribution < -0.4 is 25.1 Å². The number of fused-ring (bicyclic) bond motifs is 1. The summed E-state index contributed by atoms with van der Waals surface area (Å²) in [6, 6.07) is 1.71. The lowest BCUT2D eigenvalue weighted by molar-refractivity contribution is -0.121. The molecule has 130 valence electrons. The fraction of sp³-hybridized carbons (Fsp3) is 0.400. The summed E-state index contributed by atoms with van der Waals surface area (Å²) in [6.45, 7) is 0.330. The second-order valence-corrected chi connectivity index (χ2v) is 4.68. The minimum atomic E-state index is -0.226. The van der Waals surface area contributed by atoms with Crippen molar-refractivity contribution < 1.29 is 23.7 Å². The van der Waals surface area contributed by atoms with Crippen LogP contribution in [0.5, 0.6) is 17.2 Å². The van der Waals surface area contributed by atoms with E-state index >= 15 is 0 Å². The second kappa shape index (κ2) is 8.16. The van der Waals surface area contributed by atoms with Crippen molar-refractivity contribution in [1.82, 2.24) is 15.4 Å². The van der Waals surface area contributed by atoms with Crippen LogP contribution in [0.1, 0.15) is 6.42 Å². The zero-order valence-electron chi connectivity index (χ0n) is 14.0. The Balaban J connectivity index is 2.40. The van der Waals surface area contributed by atoms with Gasteiger partial charge in [-0.15, -0.1) is 0 Å². The summed E-state index contributed by atoms with van der Waals surface area (Å²) >= 11 is 0. The van der Waals surface area contributed by atoms with E-state index in [0.29, 0.717) is 40.6 Å². The summed E-state index contributed by atoms with van der Waals surface area (Å²) in [4.78, 5) is 20.1. The second-order valence-electron chi connectivity index (χ2n) is 4.68. The standard InChI is InChI=1S/C15H20N4O5/c1-21-6-5-11(20)18-19-15-9-7-10(22-2)13(23-3)14(24-4)12(9)16-8-17-15/h7-8H,5-6H2,1-4H3,(H,18,20)(H,16,17,19). The molecule has 0 unspecified atom stereocenters. The Bertz CT molecular complexity index is 723. The fourth-order valence-corrected chi connectivity index (χ4v) is 2.15. The van der Waals surface area contributed by atoms with Crippen molar-refractivity contribution in [3.63, 3.8) is 0 Å². The van der Waals surface area contributed by atoms with Crippen molar-refractivity contribution in [2.45, 2.75) is 6.42 Å². The van der Waals surface area contributed by atoms with E-state index in [1.54, 1.807) is 6.07 Å². The van der Waals surface area contributed by atoms with Crippen LogP contribution >= 0.6 is 0 Å². The molecular weight excluding hydrogens is 316 g/mol. The predicted molar refractivity (Wildman–Crippen MR) is 87.5 cm³/mol. The first-order chi connectivity index (χ1) is 11.7. The van der Waals surface area contributed by atoms with E-state index in [1.807, 2.05) is 0 Å². The van der Waals surface area contributed by atoms with Crippen LogP contribution in [-0.4, -0.2) is 50.9 Å². The van der Waals surface area contributed by atoms with E-state index in [4.69, 9.17) is 18.9 Å². The lowest BCUT2D eigenvalue weighted by Crippen LogP contribution is -2.30. The minimum absolute atomic E-state index is 0.226. The smallest absolute Gasteiger partial charge is 0.240 e. The van der Waals surface area contributed by atoms with Crippen LogP contribution in [0.4, 0.5) is 5.82 Å². The molecule has 0 fully saturated rings. The molecule has 1 heterocycles. The number of benzene rings is 1. The van der Waals surface area contributed by atoms with Crippen molar-refractivity contribution >= 4 is 22.6 Å². The molecule has 1 aromatic heterocycles. The molecule has 0 saturated heterocycles. The van der Waals surface area contributed by atoms with Gasteiger partial charge >= 0.3 is 0 Å². The quantitative estimate of drug-likeness (QED) is 0.692. The number of hydrogen-bond donors (Lipinski definition) is 2. The van der Waals surface area contributed by atoms with Gasteiger partial charge in [0.05, 0.1) is 39.7 Å².